The van der Waals surface area contributed by atoms with Crippen LogP contribution in [-0.2, 0) is 0 Å². The Morgan fingerprint density at radius 2 is 1.95 bits per heavy atom. The smallest absolute Gasteiger partial charge is 0.132 e. The Kier molecular flexibility index (Phi) is 4.55. The SMILES string of the molecule is CCNC(c1cnccn1)c1c(F)cc(Br)cc1F. The van der Waals surface area contributed by atoms with E-state index in [9.17, 15) is 8.78 Å². The maximum Gasteiger partial charge on any atom is 0.132 e. The number of halogens is 3. The molecule has 1 heterocycles. The second-order valence-electron chi connectivity index (χ2n) is 3.90. The molecular weight excluding hydrogens is 316 g/mol. The summed E-state index contributed by atoms with van der Waals surface area (Å²) in [7, 11) is 0. The van der Waals surface area contributed by atoms with Crippen molar-refractivity contribution in [3.05, 3.63) is 58.1 Å². The van der Waals surface area contributed by atoms with Gasteiger partial charge in [0.2, 0.25) is 0 Å². The minimum atomic E-state index is -0.660. The van der Waals surface area contributed by atoms with E-state index >= 15 is 0 Å². The van der Waals surface area contributed by atoms with Crippen LogP contribution in [0.4, 0.5) is 8.78 Å². The van der Waals surface area contributed by atoms with E-state index in [1.165, 1.54) is 30.7 Å². The van der Waals surface area contributed by atoms with Gasteiger partial charge in [-0.2, -0.15) is 0 Å². The first-order valence-electron chi connectivity index (χ1n) is 5.77. The molecule has 0 spiro atoms. The van der Waals surface area contributed by atoms with Gasteiger partial charge in [0.15, 0.2) is 0 Å². The van der Waals surface area contributed by atoms with E-state index in [0.29, 0.717) is 16.7 Å². The molecule has 0 bridgehead atoms. The first kappa shape index (κ1) is 14.0. The highest BCUT2D eigenvalue weighted by atomic mass is 79.9. The van der Waals surface area contributed by atoms with Gasteiger partial charge in [-0.25, -0.2) is 8.78 Å². The van der Waals surface area contributed by atoms with Crippen LogP contribution in [0.3, 0.4) is 0 Å². The normalized spacial score (nSPS) is 12.4. The molecule has 3 nitrogen and oxygen atoms in total. The van der Waals surface area contributed by atoms with E-state index in [0.717, 1.165) is 0 Å². The summed E-state index contributed by atoms with van der Waals surface area (Å²) < 4.78 is 28.4. The molecular formula is C13H12BrF2N3. The average Bonchev–Trinajstić information content (AvgIpc) is 2.37. The molecule has 0 radical (unpaired) electrons. The summed E-state index contributed by atoms with van der Waals surface area (Å²) in [5.41, 5.74) is 0.426. The summed E-state index contributed by atoms with van der Waals surface area (Å²) in [5.74, 6) is -1.24. The van der Waals surface area contributed by atoms with Gasteiger partial charge in [-0.3, -0.25) is 9.97 Å². The standard InChI is InChI=1S/C13H12BrF2N3/c1-2-18-13(11-7-17-3-4-19-11)12-9(15)5-8(14)6-10(12)16/h3-7,13,18H,2H2,1H3. The lowest BCUT2D eigenvalue weighted by Crippen LogP contribution is -2.25. The van der Waals surface area contributed by atoms with Gasteiger partial charge >= 0.3 is 0 Å². The Labute approximate surface area is 118 Å². The van der Waals surface area contributed by atoms with Gasteiger partial charge in [-0.1, -0.05) is 22.9 Å². The van der Waals surface area contributed by atoms with E-state index in [4.69, 9.17) is 0 Å². The summed E-state index contributed by atoms with van der Waals surface area (Å²) in [5, 5.41) is 3.02. The third-order valence-corrected chi connectivity index (χ3v) is 3.08. The second kappa shape index (κ2) is 6.16. The van der Waals surface area contributed by atoms with Crippen LogP contribution >= 0.6 is 15.9 Å². The fourth-order valence-electron chi connectivity index (χ4n) is 1.85. The highest BCUT2D eigenvalue weighted by molar-refractivity contribution is 9.10. The first-order chi connectivity index (χ1) is 9.13. The number of nitrogens with zero attached hydrogens (tertiary/aromatic N) is 2. The van der Waals surface area contributed by atoms with Crippen molar-refractivity contribution in [2.45, 2.75) is 13.0 Å². The molecule has 1 atom stereocenters. The molecule has 1 N–H and O–H groups in total. The molecule has 1 aromatic heterocycles. The van der Waals surface area contributed by atoms with Gasteiger partial charge in [0.1, 0.15) is 11.6 Å². The number of hydrogen-bond donors (Lipinski definition) is 1. The zero-order valence-electron chi connectivity index (χ0n) is 10.2. The van der Waals surface area contributed by atoms with Gasteiger partial charge in [0, 0.05) is 22.4 Å². The number of nitrogens with one attached hydrogen (secondary N) is 1. The lowest BCUT2D eigenvalue weighted by Gasteiger charge is -2.19. The van der Waals surface area contributed by atoms with E-state index in [-0.39, 0.29) is 5.56 Å². The quantitative estimate of drug-likeness (QED) is 0.936. The molecule has 0 saturated heterocycles. The Balaban J connectivity index is 2.51. The molecule has 1 aromatic carbocycles. The van der Waals surface area contributed by atoms with Crippen molar-refractivity contribution < 1.29 is 8.78 Å². The zero-order valence-corrected chi connectivity index (χ0v) is 11.8. The fraction of sp³-hybridized carbons (Fsp3) is 0.231. The summed E-state index contributed by atoms with van der Waals surface area (Å²) >= 11 is 3.06. The summed E-state index contributed by atoms with van der Waals surface area (Å²) in [6.07, 6.45) is 4.50. The van der Waals surface area contributed by atoms with Crippen molar-refractivity contribution in [1.29, 1.82) is 0 Å². The van der Waals surface area contributed by atoms with E-state index in [1.54, 1.807) is 0 Å². The van der Waals surface area contributed by atoms with Crippen LogP contribution in [0.25, 0.3) is 0 Å². The Hall–Kier alpha value is -1.40. The van der Waals surface area contributed by atoms with E-state index < -0.39 is 17.7 Å². The maximum absolute atomic E-state index is 14.0. The average molecular weight is 328 g/mol. The van der Waals surface area contributed by atoms with Crippen molar-refractivity contribution in [2.75, 3.05) is 6.54 Å². The fourth-order valence-corrected chi connectivity index (χ4v) is 2.25. The van der Waals surface area contributed by atoms with Crippen LogP contribution in [0.5, 0.6) is 0 Å². The summed E-state index contributed by atoms with van der Waals surface area (Å²) in [6, 6.07) is 1.81. The molecule has 2 rings (SSSR count). The molecule has 0 fully saturated rings. The molecule has 2 aromatic rings. The molecule has 100 valence electrons. The predicted octanol–water partition coefficient (Wildman–Crippen LogP) is 3.22. The summed E-state index contributed by atoms with van der Waals surface area (Å²) in [6.45, 7) is 2.41. The molecule has 0 saturated carbocycles. The lowest BCUT2D eigenvalue weighted by molar-refractivity contribution is 0.503. The van der Waals surface area contributed by atoms with Crippen LogP contribution in [-0.4, -0.2) is 16.5 Å². The number of rotatable bonds is 4. The number of hydrogen-bond acceptors (Lipinski definition) is 3. The Bertz CT molecular complexity index is 540. The van der Waals surface area contributed by atoms with Crippen molar-refractivity contribution in [1.82, 2.24) is 15.3 Å². The number of aromatic nitrogens is 2. The van der Waals surface area contributed by atoms with Gasteiger partial charge in [0.25, 0.3) is 0 Å². The van der Waals surface area contributed by atoms with Crippen molar-refractivity contribution >= 4 is 15.9 Å². The first-order valence-corrected chi connectivity index (χ1v) is 6.56. The Morgan fingerprint density at radius 3 is 2.47 bits per heavy atom. The molecule has 0 aliphatic rings. The maximum atomic E-state index is 14.0. The van der Waals surface area contributed by atoms with Gasteiger partial charge in [-0.05, 0) is 18.7 Å². The minimum Gasteiger partial charge on any atom is -0.305 e. The minimum absolute atomic E-state index is 0.0504. The lowest BCUT2D eigenvalue weighted by atomic mass is 10.0. The van der Waals surface area contributed by atoms with Crippen LogP contribution < -0.4 is 5.32 Å². The monoisotopic (exact) mass is 327 g/mol. The molecule has 0 amide bonds. The largest absolute Gasteiger partial charge is 0.305 e. The highest BCUT2D eigenvalue weighted by Gasteiger charge is 2.23. The third-order valence-electron chi connectivity index (χ3n) is 2.62. The van der Waals surface area contributed by atoms with E-state index in [1.807, 2.05) is 6.92 Å². The van der Waals surface area contributed by atoms with Crippen LogP contribution in [0, 0.1) is 11.6 Å². The highest BCUT2D eigenvalue weighted by Crippen LogP contribution is 2.28. The van der Waals surface area contributed by atoms with Crippen molar-refractivity contribution in [3.63, 3.8) is 0 Å². The second-order valence-corrected chi connectivity index (χ2v) is 4.82. The molecule has 0 aliphatic heterocycles. The molecule has 6 heteroatoms. The molecule has 0 aliphatic carbocycles. The predicted molar refractivity (Wildman–Crippen MR) is 71.6 cm³/mol. The van der Waals surface area contributed by atoms with Crippen LogP contribution in [0.1, 0.15) is 24.2 Å². The number of benzene rings is 1. The summed E-state index contributed by atoms with van der Waals surface area (Å²) in [4.78, 5) is 8.04. The van der Waals surface area contributed by atoms with Gasteiger partial charge < -0.3 is 5.32 Å². The van der Waals surface area contributed by atoms with Crippen molar-refractivity contribution in [3.8, 4) is 0 Å². The molecule has 19 heavy (non-hydrogen) atoms. The van der Waals surface area contributed by atoms with Gasteiger partial charge in [-0.15, -0.1) is 0 Å². The van der Waals surface area contributed by atoms with Crippen molar-refractivity contribution in [2.24, 2.45) is 0 Å². The molecule has 1 unspecified atom stereocenters. The zero-order chi connectivity index (χ0) is 13.8. The van der Waals surface area contributed by atoms with Crippen LogP contribution in [0.15, 0.2) is 35.2 Å². The van der Waals surface area contributed by atoms with Gasteiger partial charge in [0.05, 0.1) is 17.9 Å². The topological polar surface area (TPSA) is 37.8 Å². The third kappa shape index (κ3) is 3.13. The van der Waals surface area contributed by atoms with E-state index in [2.05, 4.69) is 31.2 Å². The van der Waals surface area contributed by atoms with Crippen LogP contribution in [0.2, 0.25) is 0 Å². The Morgan fingerprint density at radius 1 is 1.26 bits per heavy atom.